The van der Waals surface area contributed by atoms with Crippen LogP contribution in [0, 0.1) is 12.8 Å². The van der Waals surface area contributed by atoms with E-state index in [9.17, 15) is 4.79 Å². The molecule has 0 bridgehead atoms. The van der Waals surface area contributed by atoms with Gasteiger partial charge in [-0.3, -0.25) is 9.78 Å². The third-order valence-electron chi connectivity index (χ3n) is 5.34. The molecular formula is C23H25N5O. The van der Waals surface area contributed by atoms with Crippen molar-refractivity contribution < 1.29 is 4.79 Å². The minimum atomic E-state index is 0.120. The monoisotopic (exact) mass is 387 g/mol. The summed E-state index contributed by atoms with van der Waals surface area (Å²) in [5, 5.41) is 6.36. The lowest BCUT2D eigenvalue weighted by atomic mass is 9.88. The summed E-state index contributed by atoms with van der Waals surface area (Å²) in [5.41, 5.74) is 4.45. The molecule has 2 heterocycles. The molecule has 1 saturated carbocycles. The fourth-order valence-corrected chi connectivity index (χ4v) is 3.66. The minimum absolute atomic E-state index is 0.120. The maximum atomic E-state index is 12.6. The van der Waals surface area contributed by atoms with E-state index in [1.54, 1.807) is 18.6 Å². The third-order valence-corrected chi connectivity index (χ3v) is 5.34. The molecule has 4 rings (SSSR count). The highest BCUT2D eigenvalue weighted by atomic mass is 16.1. The van der Waals surface area contributed by atoms with Crippen LogP contribution in [-0.4, -0.2) is 20.9 Å². The highest BCUT2D eigenvalue weighted by Crippen LogP contribution is 2.27. The van der Waals surface area contributed by atoms with Gasteiger partial charge in [0.25, 0.3) is 0 Å². The van der Waals surface area contributed by atoms with Crippen LogP contribution in [0.15, 0.2) is 55.0 Å². The zero-order chi connectivity index (χ0) is 20.1. The zero-order valence-electron chi connectivity index (χ0n) is 16.6. The standard InChI is InChI=1S/C23H25N5O/c1-16-9-10-19(26-22(29)17-6-3-2-4-7-17)14-21(16)28-23-25-13-11-20(27-23)18-8-5-12-24-15-18/h5,8-15,17H,2-4,6-7H2,1H3,(H,26,29)(H,25,27,28). The van der Waals surface area contributed by atoms with Gasteiger partial charge < -0.3 is 10.6 Å². The predicted molar refractivity (Wildman–Crippen MR) is 115 cm³/mol. The van der Waals surface area contributed by atoms with Crippen molar-refractivity contribution in [1.29, 1.82) is 0 Å². The summed E-state index contributed by atoms with van der Waals surface area (Å²) in [6, 6.07) is 11.6. The van der Waals surface area contributed by atoms with Crippen LogP contribution in [0.2, 0.25) is 0 Å². The number of amides is 1. The Hall–Kier alpha value is -3.28. The van der Waals surface area contributed by atoms with Crippen LogP contribution in [-0.2, 0) is 4.79 Å². The lowest BCUT2D eigenvalue weighted by Gasteiger charge is -2.21. The molecule has 6 heteroatoms. The van der Waals surface area contributed by atoms with Gasteiger partial charge in [0.1, 0.15) is 0 Å². The van der Waals surface area contributed by atoms with E-state index in [1.807, 2.05) is 43.3 Å². The quantitative estimate of drug-likeness (QED) is 0.636. The fourth-order valence-electron chi connectivity index (χ4n) is 3.66. The number of aryl methyl sites for hydroxylation is 1. The zero-order valence-corrected chi connectivity index (χ0v) is 16.6. The van der Waals surface area contributed by atoms with E-state index in [-0.39, 0.29) is 11.8 Å². The van der Waals surface area contributed by atoms with Crippen molar-refractivity contribution in [2.45, 2.75) is 39.0 Å². The molecule has 3 aromatic rings. The molecule has 0 aliphatic heterocycles. The van der Waals surface area contributed by atoms with Gasteiger partial charge in [0.05, 0.1) is 5.69 Å². The summed E-state index contributed by atoms with van der Waals surface area (Å²) in [4.78, 5) is 25.6. The van der Waals surface area contributed by atoms with Gasteiger partial charge in [0, 0.05) is 41.4 Å². The highest BCUT2D eigenvalue weighted by molar-refractivity contribution is 5.93. The predicted octanol–water partition coefficient (Wildman–Crippen LogP) is 5.11. The van der Waals surface area contributed by atoms with Gasteiger partial charge in [-0.1, -0.05) is 25.3 Å². The summed E-state index contributed by atoms with van der Waals surface area (Å²) in [6.07, 6.45) is 10.7. The van der Waals surface area contributed by atoms with E-state index in [1.165, 1.54) is 6.42 Å². The molecule has 148 valence electrons. The molecule has 29 heavy (non-hydrogen) atoms. The number of nitrogens with zero attached hydrogens (tertiary/aromatic N) is 3. The number of carbonyl (C=O) groups is 1. The molecule has 1 fully saturated rings. The summed E-state index contributed by atoms with van der Waals surface area (Å²) >= 11 is 0. The summed E-state index contributed by atoms with van der Waals surface area (Å²) in [5.74, 6) is 0.750. The highest BCUT2D eigenvalue weighted by Gasteiger charge is 2.21. The maximum Gasteiger partial charge on any atom is 0.227 e. The SMILES string of the molecule is Cc1ccc(NC(=O)C2CCCCC2)cc1Nc1nccc(-c2cccnc2)n1. The van der Waals surface area contributed by atoms with Crippen LogP contribution >= 0.6 is 0 Å². The average molecular weight is 387 g/mol. The van der Waals surface area contributed by atoms with E-state index in [2.05, 4.69) is 25.6 Å². The number of aromatic nitrogens is 3. The van der Waals surface area contributed by atoms with E-state index in [0.717, 1.165) is 53.9 Å². The van der Waals surface area contributed by atoms with Crippen LogP contribution in [0.4, 0.5) is 17.3 Å². The van der Waals surface area contributed by atoms with Gasteiger partial charge in [-0.05, 0) is 55.7 Å². The molecule has 0 unspecified atom stereocenters. The first-order valence-corrected chi connectivity index (χ1v) is 10.1. The molecule has 1 aliphatic carbocycles. The molecular weight excluding hydrogens is 362 g/mol. The van der Waals surface area contributed by atoms with E-state index < -0.39 is 0 Å². The van der Waals surface area contributed by atoms with Crippen LogP contribution in [0.25, 0.3) is 11.3 Å². The van der Waals surface area contributed by atoms with Crippen LogP contribution < -0.4 is 10.6 Å². The molecule has 2 N–H and O–H groups in total. The number of carbonyl (C=O) groups excluding carboxylic acids is 1. The Morgan fingerprint density at radius 2 is 1.93 bits per heavy atom. The van der Waals surface area contributed by atoms with Crippen molar-refractivity contribution in [3.63, 3.8) is 0 Å². The van der Waals surface area contributed by atoms with Gasteiger partial charge in [0.2, 0.25) is 11.9 Å². The van der Waals surface area contributed by atoms with Crippen molar-refractivity contribution in [3.8, 4) is 11.3 Å². The molecule has 0 saturated heterocycles. The second-order valence-corrected chi connectivity index (χ2v) is 7.49. The number of rotatable bonds is 5. The van der Waals surface area contributed by atoms with Gasteiger partial charge in [-0.25, -0.2) is 9.97 Å². The number of hydrogen-bond donors (Lipinski definition) is 2. The Bertz CT molecular complexity index is 984. The topological polar surface area (TPSA) is 79.8 Å². The Kier molecular flexibility index (Phi) is 5.79. The Morgan fingerprint density at radius 1 is 1.07 bits per heavy atom. The van der Waals surface area contributed by atoms with E-state index >= 15 is 0 Å². The Balaban J connectivity index is 1.50. The smallest absolute Gasteiger partial charge is 0.227 e. The lowest BCUT2D eigenvalue weighted by molar-refractivity contribution is -0.120. The molecule has 0 spiro atoms. The van der Waals surface area contributed by atoms with E-state index in [0.29, 0.717) is 5.95 Å². The number of benzene rings is 1. The second kappa shape index (κ2) is 8.82. The van der Waals surface area contributed by atoms with Gasteiger partial charge in [-0.2, -0.15) is 0 Å². The molecule has 0 atom stereocenters. The van der Waals surface area contributed by atoms with Crippen molar-refractivity contribution in [3.05, 3.63) is 60.6 Å². The first-order chi connectivity index (χ1) is 14.2. The first kappa shape index (κ1) is 19.1. The van der Waals surface area contributed by atoms with Gasteiger partial charge in [-0.15, -0.1) is 0 Å². The van der Waals surface area contributed by atoms with Crippen LogP contribution in [0.3, 0.4) is 0 Å². The number of anilines is 3. The molecule has 1 aromatic carbocycles. The van der Waals surface area contributed by atoms with Gasteiger partial charge >= 0.3 is 0 Å². The minimum Gasteiger partial charge on any atom is -0.326 e. The van der Waals surface area contributed by atoms with Crippen molar-refractivity contribution in [1.82, 2.24) is 15.0 Å². The number of nitrogens with one attached hydrogen (secondary N) is 2. The molecule has 6 nitrogen and oxygen atoms in total. The number of hydrogen-bond acceptors (Lipinski definition) is 5. The Labute approximate surface area is 170 Å². The largest absolute Gasteiger partial charge is 0.326 e. The average Bonchev–Trinajstić information content (AvgIpc) is 2.77. The van der Waals surface area contributed by atoms with Crippen molar-refractivity contribution in [2.75, 3.05) is 10.6 Å². The van der Waals surface area contributed by atoms with Gasteiger partial charge in [0.15, 0.2) is 0 Å². The Morgan fingerprint density at radius 3 is 2.72 bits per heavy atom. The molecule has 1 aliphatic rings. The lowest BCUT2D eigenvalue weighted by Crippen LogP contribution is -2.24. The summed E-state index contributed by atoms with van der Waals surface area (Å²) < 4.78 is 0. The first-order valence-electron chi connectivity index (χ1n) is 10.1. The second-order valence-electron chi connectivity index (χ2n) is 7.49. The molecule has 2 aromatic heterocycles. The summed E-state index contributed by atoms with van der Waals surface area (Å²) in [7, 11) is 0. The molecule has 0 radical (unpaired) electrons. The summed E-state index contributed by atoms with van der Waals surface area (Å²) in [6.45, 7) is 2.01. The third kappa shape index (κ3) is 4.77. The number of pyridine rings is 1. The van der Waals surface area contributed by atoms with Crippen molar-refractivity contribution >= 4 is 23.2 Å². The van der Waals surface area contributed by atoms with Crippen LogP contribution in [0.5, 0.6) is 0 Å². The van der Waals surface area contributed by atoms with E-state index in [4.69, 9.17) is 0 Å². The molecule has 1 amide bonds. The van der Waals surface area contributed by atoms with Crippen molar-refractivity contribution in [2.24, 2.45) is 5.92 Å². The van der Waals surface area contributed by atoms with Crippen LogP contribution in [0.1, 0.15) is 37.7 Å². The fraction of sp³-hybridized carbons (Fsp3) is 0.304. The maximum absolute atomic E-state index is 12.6. The normalized spacial score (nSPS) is 14.4.